The number of amides is 1. The lowest BCUT2D eigenvalue weighted by Gasteiger charge is -2.22. The molecule has 0 aromatic heterocycles. The van der Waals surface area contributed by atoms with Gasteiger partial charge >= 0.3 is 5.97 Å². The van der Waals surface area contributed by atoms with Crippen molar-refractivity contribution in [3.63, 3.8) is 0 Å². The Morgan fingerprint density at radius 3 is 2.40 bits per heavy atom. The second kappa shape index (κ2) is 4.81. The summed E-state index contributed by atoms with van der Waals surface area (Å²) in [5.74, 6) is -1.23. The molecule has 1 N–H and O–H groups in total. The maximum atomic E-state index is 12.4. The highest BCUT2D eigenvalue weighted by Gasteiger charge is 2.40. The number of rotatable bonds is 3. The lowest BCUT2D eigenvalue weighted by Crippen LogP contribution is -2.32. The smallest absolute Gasteiger partial charge is 0.331 e. The van der Waals surface area contributed by atoms with E-state index in [2.05, 4.69) is 0 Å². The van der Waals surface area contributed by atoms with Crippen molar-refractivity contribution in [3.8, 4) is 0 Å². The SMILES string of the molecule is O=C(O)C1c2ccccc2C(=O)N1Cc1ccccc1. The Morgan fingerprint density at radius 1 is 1.05 bits per heavy atom. The lowest BCUT2D eigenvalue weighted by molar-refractivity contribution is -0.142. The Hall–Kier alpha value is -2.62. The van der Waals surface area contributed by atoms with E-state index in [0.717, 1.165) is 5.56 Å². The van der Waals surface area contributed by atoms with E-state index in [4.69, 9.17) is 0 Å². The predicted octanol–water partition coefficient (Wildman–Crippen LogP) is 2.47. The van der Waals surface area contributed by atoms with E-state index in [9.17, 15) is 14.7 Å². The van der Waals surface area contributed by atoms with Crippen LogP contribution in [0.5, 0.6) is 0 Å². The maximum Gasteiger partial charge on any atom is 0.331 e. The van der Waals surface area contributed by atoms with Crippen molar-refractivity contribution in [3.05, 3.63) is 71.3 Å². The number of hydrogen-bond acceptors (Lipinski definition) is 2. The van der Waals surface area contributed by atoms with E-state index >= 15 is 0 Å². The first-order valence-electron chi connectivity index (χ1n) is 6.35. The number of carbonyl (C=O) groups excluding carboxylic acids is 1. The van der Waals surface area contributed by atoms with E-state index in [0.29, 0.717) is 17.7 Å². The number of hydrogen-bond donors (Lipinski definition) is 1. The first-order chi connectivity index (χ1) is 9.68. The van der Waals surface area contributed by atoms with E-state index in [-0.39, 0.29) is 5.91 Å². The van der Waals surface area contributed by atoms with Crippen molar-refractivity contribution in [2.75, 3.05) is 0 Å². The summed E-state index contributed by atoms with van der Waals surface area (Å²) in [7, 11) is 0. The molecule has 1 heterocycles. The Kier molecular flexibility index (Phi) is 2.99. The number of nitrogens with zero attached hydrogens (tertiary/aromatic N) is 1. The van der Waals surface area contributed by atoms with Gasteiger partial charge in [-0.3, -0.25) is 4.79 Å². The summed E-state index contributed by atoms with van der Waals surface area (Å²) in [4.78, 5) is 25.3. The van der Waals surface area contributed by atoms with Gasteiger partial charge in [0.15, 0.2) is 6.04 Å². The summed E-state index contributed by atoms with van der Waals surface area (Å²) in [5.41, 5.74) is 1.97. The summed E-state index contributed by atoms with van der Waals surface area (Å²) in [6.07, 6.45) is 0. The van der Waals surface area contributed by atoms with Gasteiger partial charge in [-0.25, -0.2) is 4.79 Å². The molecular formula is C16H13NO3. The molecule has 0 bridgehead atoms. The van der Waals surface area contributed by atoms with Crippen LogP contribution in [-0.4, -0.2) is 21.9 Å². The quantitative estimate of drug-likeness (QED) is 0.929. The molecule has 4 nitrogen and oxygen atoms in total. The molecule has 0 radical (unpaired) electrons. The third kappa shape index (κ3) is 1.95. The van der Waals surface area contributed by atoms with Crippen LogP contribution in [0.4, 0.5) is 0 Å². The summed E-state index contributed by atoms with van der Waals surface area (Å²) >= 11 is 0. The van der Waals surface area contributed by atoms with Gasteiger partial charge in [0, 0.05) is 12.1 Å². The highest BCUT2D eigenvalue weighted by Crippen LogP contribution is 2.34. The monoisotopic (exact) mass is 267 g/mol. The Morgan fingerprint density at radius 2 is 1.70 bits per heavy atom. The Balaban J connectivity index is 1.99. The molecule has 3 rings (SSSR count). The minimum absolute atomic E-state index is 0.225. The molecule has 1 atom stereocenters. The number of carboxylic acid groups (broad SMARTS) is 1. The van der Waals surface area contributed by atoms with Crippen molar-refractivity contribution < 1.29 is 14.7 Å². The van der Waals surface area contributed by atoms with Crippen molar-refractivity contribution in [2.24, 2.45) is 0 Å². The number of aliphatic carboxylic acids is 1. The number of fused-ring (bicyclic) bond motifs is 1. The molecule has 100 valence electrons. The van der Waals surface area contributed by atoms with E-state index in [1.807, 2.05) is 30.3 Å². The third-order valence-electron chi connectivity index (χ3n) is 3.49. The standard InChI is InChI=1S/C16H13NO3/c18-15-13-9-5-4-8-12(13)14(16(19)20)17(15)10-11-6-2-1-3-7-11/h1-9,14H,10H2,(H,19,20). The number of carboxylic acids is 1. The van der Waals surface area contributed by atoms with E-state index < -0.39 is 12.0 Å². The second-order valence-electron chi connectivity index (χ2n) is 4.75. The molecule has 1 aliphatic rings. The zero-order chi connectivity index (χ0) is 14.1. The molecule has 0 spiro atoms. The average molecular weight is 267 g/mol. The molecule has 0 saturated heterocycles. The van der Waals surface area contributed by atoms with Gasteiger partial charge in [-0.15, -0.1) is 0 Å². The highest BCUT2D eigenvalue weighted by molar-refractivity contribution is 6.03. The number of carbonyl (C=O) groups is 2. The fourth-order valence-electron chi connectivity index (χ4n) is 2.58. The fraction of sp³-hybridized carbons (Fsp3) is 0.125. The minimum atomic E-state index is -1.00. The van der Waals surface area contributed by atoms with Gasteiger partial charge in [-0.1, -0.05) is 48.5 Å². The van der Waals surface area contributed by atoms with Crippen molar-refractivity contribution in [1.29, 1.82) is 0 Å². The van der Waals surface area contributed by atoms with E-state index in [1.54, 1.807) is 24.3 Å². The minimum Gasteiger partial charge on any atom is -0.479 e. The molecule has 2 aromatic rings. The van der Waals surface area contributed by atoms with Crippen LogP contribution < -0.4 is 0 Å². The predicted molar refractivity (Wildman–Crippen MR) is 73.1 cm³/mol. The number of benzene rings is 2. The molecule has 1 amide bonds. The lowest BCUT2D eigenvalue weighted by atomic mass is 10.1. The first-order valence-corrected chi connectivity index (χ1v) is 6.35. The van der Waals surface area contributed by atoms with Crippen LogP contribution in [0.1, 0.15) is 27.5 Å². The van der Waals surface area contributed by atoms with Gasteiger partial charge in [0.1, 0.15) is 0 Å². The van der Waals surface area contributed by atoms with Gasteiger partial charge in [-0.05, 0) is 17.2 Å². The van der Waals surface area contributed by atoms with E-state index in [1.165, 1.54) is 4.90 Å². The molecule has 4 heteroatoms. The Bertz CT molecular complexity index is 666. The van der Waals surface area contributed by atoms with Crippen molar-refractivity contribution in [1.82, 2.24) is 4.90 Å². The molecule has 0 saturated carbocycles. The molecule has 1 unspecified atom stereocenters. The van der Waals surface area contributed by atoms with Crippen molar-refractivity contribution >= 4 is 11.9 Å². The van der Waals surface area contributed by atoms with Crippen LogP contribution in [0.25, 0.3) is 0 Å². The molecule has 0 aliphatic carbocycles. The summed E-state index contributed by atoms with van der Waals surface area (Å²) in [6.45, 7) is 0.297. The summed E-state index contributed by atoms with van der Waals surface area (Å²) in [6, 6.07) is 15.4. The van der Waals surface area contributed by atoms with Crippen LogP contribution in [-0.2, 0) is 11.3 Å². The summed E-state index contributed by atoms with van der Waals surface area (Å²) in [5, 5.41) is 9.43. The van der Waals surface area contributed by atoms with Gasteiger partial charge in [0.2, 0.25) is 0 Å². The zero-order valence-electron chi connectivity index (χ0n) is 10.7. The molecule has 20 heavy (non-hydrogen) atoms. The van der Waals surface area contributed by atoms with Gasteiger partial charge in [-0.2, -0.15) is 0 Å². The maximum absolute atomic E-state index is 12.4. The van der Waals surface area contributed by atoms with Crippen molar-refractivity contribution in [2.45, 2.75) is 12.6 Å². The molecule has 2 aromatic carbocycles. The topological polar surface area (TPSA) is 57.6 Å². The molecular weight excluding hydrogens is 254 g/mol. The average Bonchev–Trinajstić information content (AvgIpc) is 2.74. The van der Waals surface area contributed by atoms with Gasteiger partial charge in [0.05, 0.1) is 0 Å². The fourth-order valence-corrected chi connectivity index (χ4v) is 2.58. The zero-order valence-corrected chi connectivity index (χ0v) is 10.7. The first kappa shape index (κ1) is 12.4. The van der Waals surface area contributed by atoms with Crippen LogP contribution in [0.2, 0.25) is 0 Å². The van der Waals surface area contributed by atoms with Gasteiger partial charge < -0.3 is 10.0 Å². The Labute approximate surface area is 116 Å². The second-order valence-corrected chi connectivity index (χ2v) is 4.75. The normalized spacial score (nSPS) is 17.1. The third-order valence-corrected chi connectivity index (χ3v) is 3.49. The van der Waals surface area contributed by atoms with Crippen LogP contribution in [0, 0.1) is 0 Å². The van der Waals surface area contributed by atoms with Crippen LogP contribution >= 0.6 is 0 Å². The summed E-state index contributed by atoms with van der Waals surface area (Å²) < 4.78 is 0. The molecule has 0 fully saturated rings. The molecule has 1 aliphatic heterocycles. The van der Waals surface area contributed by atoms with Gasteiger partial charge in [0.25, 0.3) is 5.91 Å². The van der Waals surface area contributed by atoms with Crippen LogP contribution in [0.3, 0.4) is 0 Å². The largest absolute Gasteiger partial charge is 0.479 e. The highest BCUT2D eigenvalue weighted by atomic mass is 16.4. The van der Waals surface area contributed by atoms with Crippen LogP contribution in [0.15, 0.2) is 54.6 Å².